The van der Waals surface area contributed by atoms with E-state index in [2.05, 4.69) is 11.6 Å². The average molecular weight is 318 g/mol. The smallest absolute Gasteiger partial charge is 0.244 e. The van der Waals surface area contributed by atoms with E-state index in [0.29, 0.717) is 36.7 Å². The van der Waals surface area contributed by atoms with Gasteiger partial charge in [-0.15, -0.1) is 0 Å². The van der Waals surface area contributed by atoms with E-state index in [0.717, 1.165) is 19.4 Å². The van der Waals surface area contributed by atoms with Crippen LogP contribution in [0.4, 0.5) is 0 Å². The Hall–Kier alpha value is -0.890. The molecular weight excluding hydrogens is 292 g/mol. The van der Waals surface area contributed by atoms with Gasteiger partial charge < -0.3 is 14.9 Å². The summed E-state index contributed by atoms with van der Waals surface area (Å²) in [5, 5.41) is 0. The summed E-state index contributed by atoms with van der Waals surface area (Å²) in [5.41, 5.74) is 6.15. The fraction of sp³-hybridized carbons (Fsp3) is 0.714. The third-order valence-corrected chi connectivity index (χ3v) is 4.85. The second-order valence-corrected chi connectivity index (χ2v) is 6.65. The van der Waals surface area contributed by atoms with E-state index < -0.39 is 10.0 Å². The van der Waals surface area contributed by atoms with E-state index in [1.54, 1.807) is 13.8 Å². The molecule has 1 aromatic rings. The zero-order valence-electron chi connectivity index (χ0n) is 13.1. The number of unbranched alkanes of at least 4 members (excludes halogenated alkanes) is 1. The van der Waals surface area contributed by atoms with Crippen LogP contribution in [0.2, 0.25) is 0 Å². The molecular formula is C14H26N2O4S. The predicted molar refractivity (Wildman–Crippen MR) is 81.6 cm³/mol. The lowest BCUT2D eigenvalue weighted by Crippen LogP contribution is -2.27. The Morgan fingerprint density at radius 3 is 2.48 bits per heavy atom. The standard InChI is InChI=1S/C14H26N2O4S/c1-4-5-8-19-9-6-7-16-21(17,18)14-12(3)20-11(2)13(14)10-15/h16H,4-10,15H2,1-3H3. The molecule has 3 N–H and O–H groups in total. The maximum absolute atomic E-state index is 12.3. The molecule has 6 nitrogen and oxygen atoms in total. The first-order valence-electron chi connectivity index (χ1n) is 7.30. The van der Waals surface area contributed by atoms with Crippen LogP contribution in [-0.2, 0) is 21.3 Å². The summed E-state index contributed by atoms with van der Waals surface area (Å²) >= 11 is 0. The topological polar surface area (TPSA) is 94.6 Å². The normalized spacial score (nSPS) is 12.0. The molecule has 21 heavy (non-hydrogen) atoms. The minimum absolute atomic E-state index is 0.138. The first-order chi connectivity index (χ1) is 9.94. The van der Waals surface area contributed by atoms with Crippen LogP contribution in [0.25, 0.3) is 0 Å². The second kappa shape index (κ2) is 8.53. The summed E-state index contributed by atoms with van der Waals surface area (Å²) in [6.07, 6.45) is 2.75. The maximum Gasteiger partial charge on any atom is 0.244 e. The number of hydrogen-bond donors (Lipinski definition) is 2. The molecule has 0 radical (unpaired) electrons. The molecule has 0 saturated heterocycles. The molecule has 1 aromatic heterocycles. The van der Waals surface area contributed by atoms with Crippen molar-refractivity contribution in [2.75, 3.05) is 19.8 Å². The number of sulfonamides is 1. The number of nitrogens with one attached hydrogen (secondary N) is 1. The zero-order chi connectivity index (χ0) is 15.9. The van der Waals surface area contributed by atoms with Crippen molar-refractivity contribution in [3.63, 3.8) is 0 Å². The first kappa shape index (κ1) is 18.2. The van der Waals surface area contributed by atoms with Crippen molar-refractivity contribution in [3.8, 4) is 0 Å². The average Bonchev–Trinajstić information content (AvgIpc) is 2.72. The fourth-order valence-corrected chi connectivity index (χ4v) is 3.63. The Bertz CT molecular complexity index is 537. The molecule has 0 saturated carbocycles. The summed E-state index contributed by atoms with van der Waals surface area (Å²) in [5.74, 6) is 0.929. The Kier molecular flexibility index (Phi) is 7.37. The summed E-state index contributed by atoms with van der Waals surface area (Å²) < 4.78 is 38.0. The number of ether oxygens (including phenoxy) is 1. The molecule has 0 fully saturated rings. The van der Waals surface area contributed by atoms with E-state index >= 15 is 0 Å². The van der Waals surface area contributed by atoms with Gasteiger partial charge in [-0.05, 0) is 26.7 Å². The van der Waals surface area contributed by atoms with Gasteiger partial charge in [0.05, 0.1) is 0 Å². The second-order valence-electron chi connectivity index (χ2n) is 4.94. The molecule has 0 spiro atoms. The molecule has 0 aliphatic heterocycles. The van der Waals surface area contributed by atoms with Gasteiger partial charge in [0.1, 0.15) is 16.4 Å². The fourth-order valence-electron chi connectivity index (χ4n) is 2.10. The molecule has 0 bridgehead atoms. The van der Waals surface area contributed by atoms with Crippen molar-refractivity contribution in [3.05, 3.63) is 17.1 Å². The highest BCUT2D eigenvalue weighted by Gasteiger charge is 2.25. The van der Waals surface area contributed by atoms with Crippen LogP contribution >= 0.6 is 0 Å². The van der Waals surface area contributed by atoms with Crippen LogP contribution in [-0.4, -0.2) is 28.2 Å². The van der Waals surface area contributed by atoms with E-state index in [4.69, 9.17) is 14.9 Å². The summed E-state index contributed by atoms with van der Waals surface area (Å²) in [6.45, 7) is 7.20. The predicted octanol–water partition coefficient (Wildman–Crippen LogP) is 1.84. The van der Waals surface area contributed by atoms with Crippen LogP contribution in [0.3, 0.4) is 0 Å². The van der Waals surface area contributed by atoms with Gasteiger partial charge in [0.25, 0.3) is 0 Å². The summed E-state index contributed by atoms with van der Waals surface area (Å²) in [6, 6.07) is 0. The molecule has 1 heterocycles. The van der Waals surface area contributed by atoms with Crippen molar-refractivity contribution < 1.29 is 17.6 Å². The summed E-state index contributed by atoms with van der Waals surface area (Å²) in [7, 11) is -3.59. The van der Waals surface area contributed by atoms with Gasteiger partial charge in [-0.3, -0.25) is 0 Å². The van der Waals surface area contributed by atoms with Crippen molar-refractivity contribution >= 4 is 10.0 Å². The Morgan fingerprint density at radius 2 is 1.86 bits per heavy atom. The monoisotopic (exact) mass is 318 g/mol. The third kappa shape index (κ3) is 5.10. The quantitative estimate of drug-likeness (QED) is 0.642. The van der Waals surface area contributed by atoms with Crippen LogP contribution in [0, 0.1) is 13.8 Å². The zero-order valence-corrected chi connectivity index (χ0v) is 13.9. The molecule has 0 atom stereocenters. The van der Waals surface area contributed by atoms with E-state index in [-0.39, 0.29) is 11.4 Å². The van der Waals surface area contributed by atoms with Crippen molar-refractivity contribution in [2.45, 2.75) is 51.5 Å². The molecule has 1 rings (SSSR count). The number of nitrogens with two attached hydrogens (primary N) is 1. The van der Waals surface area contributed by atoms with Gasteiger partial charge in [-0.25, -0.2) is 13.1 Å². The number of furan rings is 1. The number of hydrogen-bond acceptors (Lipinski definition) is 5. The van der Waals surface area contributed by atoms with Gasteiger partial charge in [-0.2, -0.15) is 0 Å². The Morgan fingerprint density at radius 1 is 1.19 bits per heavy atom. The molecule has 0 aliphatic rings. The van der Waals surface area contributed by atoms with Gasteiger partial charge in [0, 0.05) is 31.9 Å². The molecule has 0 unspecified atom stereocenters. The van der Waals surface area contributed by atoms with E-state index in [1.807, 2.05) is 0 Å². The van der Waals surface area contributed by atoms with Crippen LogP contribution in [0.1, 0.15) is 43.3 Å². The van der Waals surface area contributed by atoms with Crippen molar-refractivity contribution in [1.29, 1.82) is 0 Å². The lowest BCUT2D eigenvalue weighted by atomic mass is 10.2. The van der Waals surface area contributed by atoms with E-state index in [1.165, 1.54) is 0 Å². The minimum atomic E-state index is -3.59. The lowest BCUT2D eigenvalue weighted by molar-refractivity contribution is 0.130. The van der Waals surface area contributed by atoms with Crippen LogP contribution in [0.15, 0.2) is 9.31 Å². The number of rotatable bonds is 10. The van der Waals surface area contributed by atoms with Gasteiger partial charge >= 0.3 is 0 Å². The SMILES string of the molecule is CCCCOCCCNS(=O)(=O)c1c(C)oc(C)c1CN. The number of aryl methyl sites for hydroxylation is 2. The summed E-state index contributed by atoms with van der Waals surface area (Å²) in [4.78, 5) is 0.175. The van der Waals surface area contributed by atoms with Crippen LogP contribution in [0.5, 0.6) is 0 Å². The van der Waals surface area contributed by atoms with Gasteiger partial charge in [-0.1, -0.05) is 13.3 Å². The molecule has 122 valence electrons. The molecule has 0 aromatic carbocycles. The minimum Gasteiger partial charge on any atom is -0.465 e. The first-order valence-corrected chi connectivity index (χ1v) is 8.78. The van der Waals surface area contributed by atoms with Gasteiger partial charge in [0.15, 0.2) is 0 Å². The Labute approximate surface area is 127 Å². The van der Waals surface area contributed by atoms with Crippen molar-refractivity contribution in [1.82, 2.24) is 4.72 Å². The molecule has 7 heteroatoms. The molecule has 0 aliphatic carbocycles. The lowest BCUT2D eigenvalue weighted by Gasteiger charge is -2.08. The van der Waals surface area contributed by atoms with Crippen molar-refractivity contribution in [2.24, 2.45) is 5.73 Å². The Balaban J connectivity index is 2.55. The van der Waals surface area contributed by atoms with E-state index in [9.17, 15) is 8.42 Å². The van der Waals surface area contributed by atoms with Gasteiger partial charge in [0.2, 0.25) is 10.0 Å². The molecule has 0 amide bonds. The highest BCUT2D eigenvalue weighted by Crippen LogP contribution is 2.25. The highest BCUT2D eigenvalue weighted by atomic mass is 32.2. The third-order valence-electron chi connectivity index (χ3n) is 3.20. The van der Waals surface area contributed by atoms with Crippen LogP contribution < -0.4 is 10.5 Å². The largest absolute Gasteiger partial charge is 0.465 e. The maximum atomic E-state index is 12.3. The highest BCUT2D eigenvalue weighted by molar-refractivity contribution is 7.89.